The highest BCUT2D eigenvalue weighted by molar-refractivity contribution is 5.53. The van der Waals surface area contributed by atoms with Crippen molar-refractivity contribution in [3.63, 3.8) is 0 Å². The molecule has 0 heterocycles. The van der Waals surface area contributed by atoms with E-state index in [0.29, 0.717) is 6.42 Å². The molecule has 2 aromatic rings. The van der Waals surface area contributed by atoms with Crippen LogP contribution in [-0.4, -0.2) is 15.3 Å². The van der Waals surface area contributed by atoms with Gasteiger partial charge in [0.05, 0.1) is 0 Å². The predicted octanol–water partition coefficient (Wildman–Crippen LogP) is 5.92. The normalized spacial score (nSPS) is 19.3. The van der Waals surface area contributed by atoms with Crippen molar-refractivity contribution in [2.24, 2.45) is 0 Å². The smallest absolute Gasteiger partial charge is 0.123 e. The molecule has 0 saturated carbocycles. The first-order valence-corrected chi connectivity index (χ1v) is 9.95. The number of allylic oxidation sites excluding steroid dienone is 3. The van der Waals surface area contributed by atoms with Crippen LogP contribution in [0.1, 0.15) is 56.2 Å². The average Bonchev–Trinajstić information content (AvgIpc) is 2.59. The van der Waals surface area contributed by atoms with E-state index in [4.69, 9.17) is 0 Å². The molecule has 0 aliphatic heterocycles. The van der Waals surface area contributed by atoms with Gasteiger partial charge in [0.1, 0.15) is 17.2 Å². The largest absolute Gasteiger partial charge is 0.508 e. The molecule has 0 saturated heterocycles. The highest BCUT2D eigenvalue weighted by Crippen LogP contribution is 2.48. The van der Waals surface area contributed by atoms with Gasteiger partial charge in [0.25, 0.3) is 0 Å². The molecule has 3 nitrogen and oxygen atoms in total. The van der Waals surface area contributed by atoms with Gasteiger partial charge in [-0.05, 0) is 81.7 Å². The van der Waals surface area contributed by atoms with Gasteiger partial charge in [-0.1, -0.05) is 29.4 Å². The Morgan fingerprint density at radius 3 is 2.39 bits per heavy atom. The molecule has 3 rings (SSSR count). The Bertz CT molecular complexity index is 893. The molecule has 2 aromatic carbocycles. The van der Waals surface area contributed by atoms with Crippen LogP contribution in [0.3, 0.4) is 0 Å². The van der Waals surface area contributed by atoms with Gasteiger partial charge in [-0.15, -0.1) is 6.58 Å². The molecule has 0 spiro atoms. The summed E-state index contributed by atoms with van der Waals surface area (Å²) in [4.78, 5) is 0. The molecule has 3 heteroatoms. The van der Waals surface area contributed by atoms with E-state index in [1.54, 1.807) is 18.2 Å². The summed E-state index contributed by atoms with van der Waals surface area (Å²) in [6.45, 7) is 8.33. The number of phenols is 3. The van der Waals surface area contributed by atoms with Crippen molar-refractivity contribution >= 4 is 0 Å². The van der Waals surface area contributed by atoms with E-state index < -0.39 is 0 Å². The molecule has 1 aliphatic rings. The maximum absolute atomic E-state index is 10.9. The Morgan fingerprint density at radius 1 is 1.04 bits per heavy atom. The second-order valence-corrected chi connectivity index (χ2v) is 8.30. The van der Waals surface area contributed by atoms with Crippen LogP contribution in [0.5, 0.6) is 17.2 Å². The number of aromatic hydroxyl groups is 3. The van der Waals surface area contributed by atoms with Gasteiger partial charge in [-0.3, -0.25) is 0 Å². The van der Waals surface area contributed by atoms with Gasteiger partial charge in [0.15, 0.2) is 0 Å². The summed E-state index contributed by atoms with van der Waals surface area (Å²) in [6, 6.07) is 10.4. The summed E-state index contributed by atoms with van der Waals surface area (Å²) < 4.78 is 0. The van der Waals surface area contributed by atoms with E-state index in [9.17, 15) is 15.3 Å². The lowest BCUT2D eigenvalue weighted by Crippen LogP contribution is -2.29. The third kappa shape index (κ3) is 4.41. The van der Waals surface area contributed by atoms with E-state index >= 15 is 0 Å². The van der Waals surface area contributed by atoms with Crippen LogP contribution in [0, 0.1) is 0 Å². The predicted molar refractivity (Wildman–Crippen MR) is 114 cm³/mol. The molecule has 0 radical (unpaired) electrons. The summed E-state index contributed by atoms with van der Waals surface area (Å²) in [5.74, 6) is 0.500. The number of rotatable bonds is 6. The van der Waals surface area contributed by atoms with Crippen molar-refractivity contribution in [2.75, 3.05) is 0 Å². The minimum atomic E-state index is -0.282. The van der Waals surface area contributed by atoms with Gasteiger partial charge in [-0.2, -0.15) is 0 Å². The minimum Gasteiger partial charge on any atom is -0.508 e. The Morgan fingerprint density at radius 2 is 1.75 bits per heavy atom. The number of benzene rings is 2. The van der Waals surface area contributed by atoms with E-state index in [1.165, 1.54) is 11.6 Å². The molecule has 1 aliphatic carbocycles. The van der Waals surface area contributed by atoms with Crippen LogP contribution in [0.2, 0.25) is 0 Å². The van der Waals surface area contributed by atoms with E-state index in [0.717, 1.165) is 54.4 Å². The number of phenolic OH excluding ortho intramolecular Hbond substituents is 3. The van der Waals surface area contributed by atoms with Crippen molar-refractivity contribution in [1.82, 2.24) is 0 Å². The second-order valence-electron chi connectivity index (χ2n) is 8.30. The molecule has 0 unspecified atom stereocenters. The maximum Gasteiger partial charge on any atom is 0.123 e. The van der Waals surface area contributed by atoms with E-state index in [1.807, 2.05) is 19.1 Å². The molecule has 1 atom stereocenters. The molecule has 0 amide bonds. The summed E-state index contributed by atoms with van der Waals surface area (Å²) in [5.41, 5.74) is 5.14. The Kier molecular flexibility index (Phi) is 5.83. The van der Waals surface area contributed by atoms with Gasteiger partial charge in [-0.25, -0.2) is 0 Å². The first kappa shape index (κ1) is 20.1. The SMILES string of the molecule is C=C(C)C[C@]1(c2c(O)cc(O)cc2CCc2ccc(O)cc2)C=C(C)CCC1. The Labute approximate surface area is 167 Å². The molecular formula is C25H30O3. The lowest BCUT2D eigenvalue weighted by Gasteiger charge is -2.38. The van der Waals surface area contributed by atoms with Crippen LogP contribution < -0.4 is 0 Å². The zero-order valence-electron chi connectivity index (χ0n) is 16.8. The molecule has 0 bridgehead atoms. The number of hydrogen-bond donors (Lipinski definition) is 3. The molecule has 3 N–H and O–H groups in total. The topological polar surface area (TPSA) is 60.7 Å². The monoisotopic (exact) mass is 378 g/mol. The fourth-order valence-corrected chi connectivity index (χ4v) is 4.64. The van der Waals surface area contributed by atoms with Crippen molar-refractivity contribution in [1.29, 1.82) is 0 Å². The first-order valence-electron chi connectivity index (χ1n) is 9.95. The summed E-state index contributed by atoms with van der Waals surface area (Å²) >= 11 is 0. The molecular weight excluding hydrogens is 348 g/mol. The highest BCUT2D eigenvalue weighted by atomic mass is 16.3. The summed E-state index contributed by atoms with van der Waals surface area (Å²) in [5, 5.41) is 30.5. The van der Waals surface area contributed by atoms with E-state index in [-0.39, 0.29) is 22.7 Å². The lowest BCUT2D eigenvalue weighted by molar-refractivity contribution is 0.395. The van der Waals surface area contributed by atoms with Crippen LogP contribution in [-0.2, 0) is 18.3 Å². The van der Waals surface area contributed by atoms with Crippen molar-refractivity contribution in [2.45, 2.75) is 57.8 Å². The lowest BCUT2D eigenvalue weighted by atomic mass is 9.66. The number of hydrogen-bond acceptors (Lipinski definition) is 3. The summed E-state index contributed by atoms with van der Waals surface area (Å²) in [6.07, 6.45) is 7.68. The molecule has 0 fully saturated rings. The maximum atomic E-state index is 10.9. The van der Waals surface area contributed by atoms with Gasteiger partial charge in [0, 0.05) is 17.0 Å². The van der Waals surface area contributed by atoms with Crippen molar-refractivity contribution in [3.8, 4) is 17.2 Å². The zero-order valence-corrected chi connectivity index (χ0v) is 16.8. The molecule has 148 valence electrons. The van der Waals surface area contributed by atoms with Crippen LogP contribution in [0.4, 0.5) is 0 Å². The zero-order chi connectivity index (χ0) is 20.3. The number of aryl methyl sites for hydroxylation is 2. The van der Waals surface area contributed by atoms with E-state index in [2.05, 4.69) is 19.6 Å². The molecule has 28 heavy (non-hydrogen) atoms. The average molecular weight is 379 g/mol. The fourth-order valence-electron chi connectivity index (χ4n) is 4.64. The minimum absolute atomic E-state index is 0.0870. The molecule has 0 aromatic heterocycles. The third-order valence-corrected chi connectivity index (χ3v) is 5.64. The highest BCUT2D eigenvalue weighted by Gasteiger charge is 2.36. The van der Waals surface area contributed by atoms with Crippen molar-refractivity contribution < 1.29 is 15.3 Å². The van der Waals surface area contributed by atoms with Gasteiger partial charge >= 0.3 is 0 Å². The summed E-state index contributed by atoms with van der Waals surface area (Å²) in [7, 11) is 0. The first-order chi connectivity index (χ1) is 13.3. The Hall–Kier alpha value is -2.68. The van der Waals surface area contributed by atoms with Gasteiger partial charge in [0.2, 0.25) is 0 Å². The quantitative estimate of drug-likeness (QED) is 0.547. The van der Waals surface area contributed by atoms with Gasteiger partial charge < -0.3 is 15.3 Å². The second kappa shape index (κ2) is 8.14. The van der Waals surface area contributed by atoms with Crippen LogP contribution >= 0.6 is 0 Å². The van der Waals surface area contributed by atoms with Crippen molar-refractivity contribution in [3.05, 3.63) is 76.9 Å². The van der Waals surface area contributed by atoms with Crippen LogP contribution in [0.15, 0.2) is 60.2 Å². The van der Waals surface area contributed by atoms with Crippen LogP contribution in [0.25, 0.3) is 0 Å². The third-order valence-electron chi connectivity index (χ3n) is 5.64. The standard InChI is InChI=1S/C25H30O3/c1-17(2)15-25(12-4-5-18(3)16-25)24-20(13-22(27)14-23(24)28)9-6-19-7-10-21(26)11-8-19/h7-8,10-11,13-14,16,26-28H,1,4-6,9,12,15H2,2-3H3/t25-/m0/s1. The fraction of sp³-hybridized carbons (Fsp3) is 0.360. The Balaban J connectivity index is 2.04.